The molecule has 0 saturated carbocycles. The molecule has 174 valence electrons. The first-order valence-electron chi connectivity index (χ1n) is 10.3. The van der Waals surface area contributed by atoms with Crippen LogP contribution >= 0.6 is 11.8 Å². The van der Waals surface area contributed by atoms with Gasteiger partial charge >= 0.3 is 6.09 Å². The Morgan fingerprint density at radius 1 is 1.09 bits per heavy atom. The SMILES string of the molecule is CC(C)(C)C(=O)NNC(=O)c1ccc2c(c1)NC(=O)[C@@H](NC(=O)OCc1ccccc1)CS2. The van der Waals surface area contributed by atoms with Crippen LogP contribution < -0.4 is 21.5 Å². The quantitative estimate of drug-likeness (QED) is 0.509. The van der Waals surface area contributed by atoms with Gasteiger partial charge in [0, 0.05) is 21.6 Å². The van der Waals surface area contributed by atoms with E-state index < -0.39 is 29.4 Å². The zero-order valence-corrected chi connectivity index (χ0v) is 19.4. The fourth-order valence-electron chi connectivity index (χ4n) is 2.75. The Morgan fingerprint density at radius 3 is 2.52 bits per heavy atom. The van der Waals surface area contributed by atoms with E-state index in [1.165, 1.54) is 17.8 Å². The van der Waals surface area contributed by atoms with Crippen LogP contribution in [0.4, 0.5) is 10.5 Å². The molecule has 9 nitrogen and oxygen atoms in total. The van der Waals surface area contributed by atoms with Crippen molar-refractivity contribution in [2.24, 2.45) is 5.41 Å². The van der Waals surface area contributed by atoms with Gasteiger partial charge in [-0.05, 0) is 23.8 Å². The molecule has 0 spiro atoms. The van der Waals surface area contributed by atoms with Crippen molar-refractivity contribution < 1.29 is 23.9 Å². The molecule has 2 aromatic carbocycles. The molecule has 0 fully saturated rings. The molecular formula is C23H26N4O5S. The van der Waals surface area contributed by atoms with Crippen LogP contribution in [0.25, 0.3) is 0 Å². The number of amides is 4. The summed E-state index contributed by atoms with van der Waals surface area (Å²) in [7, 11) is 0. The zero-order valence-electron chi connectivity index (χ0n) is 18.6. The molecule has 0 radical (unpaired) electrons. The number of rotatable bonds is 4. The standard InChI is InChI=1S/C23H26N4O5S/c1-23(2,3)21(30)27-26-19(28)15-9-10-18-16(11-15)24-20(29)17(13-33-18)25-22(31)32-12-14-7-5-4-6-8-14/h4-11,17H,12-13H2,1-3H3,(H,24,29)(H,25,31)(H,26,28)(H,27,30)/t17-/m0/s1. The maximum absolute atomic E-state index is 12.6. The van der Waals surface area contributed by atoms with Crippen molar-refractivity contribution >= 4 is 41.3 Å². The van der Waals surface area contributed by atoms with Crippen molar-refractivity contribution in [3.63, 3.8) is 0 Å². The van der Waals surface area contributed by atoms with Gasteiger partial charge in [0.05, 0.1) is 5.69 Å². The molecule has 0 aromatic heterocycles. The summed E-state index contributed by atoms with van der Waals surface area (Å²) >= 11 is 1.36. The maximum atomic E-state index is 12.6. The van der Waals surface area contributed by atoms with Crippen molar-refractivity contribution in [2.45, 2.75) is 38.3 Å². The highest BCUT2D eigenvalue weighted by Gasteiger charge is 2.27. The van der Waals surface area contributed by atoms with Crippen LogP contribution in [-0.4, -0.2) is 35.6 Å². The second-order valence-corrected chi connectivity index (χ2v) is 9.49. The smallest absolute Gasteiger partial charge is 0.408 e. The largest absolute Gasteiger partial charge is 0.445 e. The van der Waals surface area contributed by atoms with Crippen LogP contribution in [0.2, 0.25) is 0 Å². The number of anilines is 1. The van der Waals surface area contributed by atoms with Crippen LogP contribution in [-0.2, 0) is 20.9 Å². The van der Waals surface area contributed by atoms with Gasteiger partial charge < -0.3 is 15.4 Å². The lowest BCUT2D eigenvalue weighted by Crippen LogP contribution is -2.46. The highest BCUT2D eigenvalue weighted by atomic mass is 32.2. The third kappa shape index (κ3) is 6.72. The number of benzene rings is 2. The number of ether oxygens (including phenoxy) is 1. The van der Waals surface area contributed by atoms with E-state index in [0.717, 1.165) is 10.5 Å². The third-order valence-electron chi connectivity index (χ3n) is 4.70. The van der Waals surface area contributed by atoms with Crippen LogP contribution in [0.15, 0.2) is 53.4 Å². The normalized spacial score (nSPS) is 15.4. The Kier molecular flexibility index (Phi) is 7.59. The van der Waals surface area contributed by atoms with Crippen molar-refractivity contribution in [3.8, 4) is 0 Å². The van der Waals surface area contributed by atoms with Gasteiger partial charge in [-0.3, -0.25) is 25.2 Å². The molecule has 4 N–H and O–H groups in total. The van der Waals surface area contributed by atoms with Gasteiger partial charge in [-0.25, -0.2) is 4.79 Å². The molecule has 0 unspecified atom stereocenters. The molecule has 1 aliphatic rings. The Hall–Kier alpha value is -3.53. The van der Waals surface area contributed by atoms with Gasteiger partial charge in [0.2, 0.25) is 11.8 Å². The summed E-state index contributed by atoms with van der Waals surface area (Å²) < 4.78 is 5.19. The molecule has 0 saturated heterocycles. The van der Waals surface area contributed by atoms with Gasteiger partial charge in [0.1, 0.15) is 12.6 Å². The number of carbonyl (C=O) groups excluding carboxylic acids is 4. The summed E-state index contributed by atoms with van der Waals surface area (Å²) in [4.78, 5) is 49.9. The number of fused-ring (bicyclic) bond motifs is 1. The molecule has 10 heteroatoms. The highest BCUT2D eigenvalue weighted by molar-refractivity contribution is 7.99. The average molecular weight is 471 g/mol. The lowest BCUT2D eigenvalue weighted by molar-refractivity contribution is -0.129. The molecule has 33 heavy (non-hydrogen) atoms. The van der Waals surface area contributed by atoms with Crippen LogP contribution in [0.5, 0.6) is 0 Å². The molecule has 1 atom stereocenters. The van der Waals surface area contributed by atoms with Crippen LogP contribution in [0.3, 0.4) is 0 Å². The fraction of sp³-hybridized carbons (Fsp3) is 0.304. The molecular weight excluding hydrogens is 444 g/mol. The molecule has 3 rings (SSSR count). The van der Waals surface area contributed by atoms with Crippen molar-refractivity contribution in [3.05, 3.63) is 59.7 Å². The Morgan fingerprint density at radius 2 is 1.82 bits per heavy atom. The molecule has 2 aromatic rings. The number of nitrogens with one attached hydrogen (secondary N) is 4. The topological polar surface area (TPSA) is 126 Å². The van der Waals surface area contributed by atoms with E-state index in [9.17, 15) is 19.2 Å². The van der Waals surface area contributed by atoms with Gasteiger partial charge in [0.25, 0.3) is 5.91 Å². The zero-order chi connectivity index (χ0) is 24.0. The number of hydrogen-bond acceptors (Lipinski definition) is 6. The molecule has 0 bridgehead atoms. The van der Waals surface area contributed by atoms with E-state index in [1.807, 2.05) is 30.3 Å². The third-order valence-corrected chi connectivity index (χ3v) is 5.86. The average Bonchev–Trinajstić information content (AvgIpc) is 2.93. The van der Waals surface area contributed by atoms with Gasteiger partial charge in [0.15, 0.2) is 0 Å². The maximum Gasteiger partial charge on any atom is 0.408 e. The Bertz CT molecular complexity index is 1050. The lowest BCUT2D eigenvalue weighted by atomic mass is 9.96. The first kappa shape index (κ1) is 24.1. The summed E-state index contributed by atoms with van der Waals surface area (Å²) in [5.41, 5.74) is 5.64. The first-order chi connectivity index (χ1) is 15.6. The summed E-state index contributed by atoms with van der Waals surface area (Å²) in [5.74, 6) is -0.969. The summed E-state index contributed by atoms with van der Waals surface area (Å²) in [6.07, 6.45) is -0.694. The van der Waals surface area contributed by atoms with E-state index >= 15 is 0 Å². The molecule has 4 amide bonds. The summed E-state index contributed by atoms with van der Waals surface area (Å²) in [5, 5.41) is 5.32. The number of hydrogen-bond donors (Lipinski definition) is 4. The molecule has 1 aliphatic heterocycles. The summed E-state index contributed by atoms with van der Waals surface area (Å²) in [6, 6.07) is 13.2. The fourth-order valence-corrected chi connectivity index (χ4v) is 3.76. The predicted octanol–water partition coefficient (Wildman–Crippen LogP) is 2.83. The minimum absolute atomic E-state index is 0.0958. The first-order valence-corrected chi connectivity index (χ1v) is 11.3. The number of alkyl carbamates (subject to hydrolysis) is 1. The van der Waals surface area contributed by atoms with Gasteiger partial charge in [-0.2, -0.15) is 0 Å². The predicted molar refractivity (Wildman–Crippen MR) is 124 cm³/mol. The number of thioether (sulfide) groups is 1. The number of carbonyl (C=O) groups is 4. The Labute approximate surface area is 196 Å². The lowest BCUT2D eigenvalue weighted by Gasteiger charge is -2.18. The van der Waals surface area contributed by atoms with E-state index in [0.29, 0.717) is 11.4 Å². The minimum atomic E-state index is -0.811. The monoisotopic (exact) mass is 470 g/mol. The summed E-state index contributed by atoms with van der Waals surface area (Å²) in [6.45, 7) is 5.28. The van der Waals surface area contributed by atoms with E-state index in [-0.39, 0.29) is 18.1 Å². The highest BCUT2D eigenvalue weighted by Crippen LogP contribution is 2.31. The molecule has 1 heterocycles. The van der Waals surface area contributed by atoms with Crippen molar-refractivity contribution in [2.75, 3.05) is 11.1 Å². The van der Waals surface area contributed by atoms with E-state index in [2.05, 4.69) is 21.5 Å². The second-order valence-electron chi connectivity index (χ2n) is 8.43. The Balaban J connectivity index is 1.58. The van der Waals surface area contributed by atoms with Crippen LogP contribution in [0.1, 0.15) is 36.7 Å². The van der Waals surface area contributed by atoms with Crippen molar-refractivity contribution in [1.82, 2.24) is 16.2 Å². The van der Waals surface area contributed by atoms with Crippen LogP contribution in [0, 0.1) is 5.41 Å². The number of hydrazine groups is 1. The van der Waals surface area contributed by atoms with Gasteiger partial charge in [-0.1, -0.05) is 51.1 Å². The molecule has 0 aliphatic carbocycles. The second kappa shape index (κ2) is 10.4. The van der Waals surface area contributed by atoms with E-state index in [4.69, 9.17) is 4.74 Å². The van der Waals surface area contributed by atoms with Crippen molar-refractivity contribution in [1.29, 1.82) is 0 Å². The van der Waals surface area contributed by atoms with E-state index in [1.54, 1.807) is 32.9 Å². The van der Waals surface area contributed by atoms with Gasteiger partial charge in [-0.15, -0.1) is 11.8 Å². The minimum Gasteiger partial charge on any atom is -0.445 e.